The average molecular weight is 313 g/mol. The summed E-state index contributed by atoms with van der Waals surface area (Å²) >= 11 is 0. The van der Waals surface area contributed by atoms with E-state index in [9.17, 15) is 9.90 Å². The van der Waals surface area contributed by atoms with Gasteiger partial charge in [-0.3, -0.25) is 4.79 Å². The monoisotopic (exact) mass is 313 g/mol. The van der Waals surface area contributed by atoms with Crippen molar-refractivity contribution in [1.82, 2.24) is 4.98 Å². The van der Waals surface area contributed by atoms with Gasteiger partial charge in [-0.15, -0.1) is 6.58 Å². The van der Waals surface area contributed by atoms with Crippen LogP contribution in [0.4, 0.5) is 0 Å². The van der Waals surface area contributed by atoms with Crippen molar-refractivity contribution in [3.63, 3.8) is 0 Å². The topological polar surface area (TPSA) is 62.3 Å². The molecule has 0 radical (unpaired) electrons. The van der Waals surface area contributed by atoms with Gasteiger partial charge in [0.15, 0.2) is 0 Å². The zero-order valence-electron chi connectivity index (χ0n) is 13.7. The Balaban J connectivity index is 2.27. The smallest absolute Gasteiger partial charge is 0.306 e. The van der Waals surface area contributed by atoms with Crippen LogP contribution in [0, 0.1) is 6.92 Å². The Morgan fingerprint density at radius 2 is 2.35 bits per heavy atom. The minimum atomic E-state index is -0.838. The number of benzene rings is 1. The number of aromatic amines is 1. The number of H-pyrrole nitrogens is 1. The molecule has 1 aliphatic heterocycles. The van der Waals surface area contributed by atoms with Crippen LogP contribution >= 0.6 is 0 Å². The minimum Gasteiger partial charge on any atom is -0.481 e. The normalized spacial score (nSPS) is 23.7. The standard InChI is InChI=1S/C19H23NO3/c1-4-7-13-11-23-19(5-2,10-15(21)22)18-16(13)14-9-6-8-12(3)17(14)20-18/h4,6,8-9,13,20H,1,5,7,10-11H2,2-3H3,(H,21,22)/t13-,19?/m0/s1. The van der Waals surface area contributed by atoms with E-state index in [4.69, 9.17) is 4.74 Å². The van der Waals surface area contributed by atoms with Gasteiger partial charge in [0.2, 0.25) is 0 Å². The molecule has 4 heteroatoms. The van der Waals surface area contributed by atoms with Crippen LogP contribution in [0.1, 0.15) is 48.9 Å². The van der Waals surface area contributed by atoms with E-state index in [1.807, 2.05) is 13.0 Å². The molecule has 0 spiro atoms. The van der Waals surface area contributed by atoms with Crippen molar-refractivity contribution < 1.29 is 14.6 Å². The van der Waals surface area contributed by atoms with E-state index in [0.29, 0.717) is 13.0 Å². The summed E-state index contributed by atoms with van der Waals surface area (Å²) in [5.74, 6) is -0.623. The van der Waals surface area contributed by atoms with Gasteiger partial charge < -0.3 is 14.8 Å². The van der Waals surface area contributed by atoms with Gasteiger partial charge in [-0.05, 0) is 30.9 Å². The fraction of sp³-hybridized carbons (Fsp3) is 0.421. The van der Waals surface area contributed by atoms with Gasteiger partial charge in [0.05, 0.1) is 18.7 Å². The third-order valence-corrected chi connectivity index (χ3v) is 4.97. The third kappa shape index (κ3) is 2.47. The maximum atomic E-state index is 11.4. The zero-order valence-corrected chi connectivity index (χ0v) is 13.7. The summed E-state index contributed by atoms with van der Waals surface area (Å²) < 4.78 is 6.13. The first kappa shape index (κ1) is 15.8. The Bertz CT molecular complexity index is 761. The molecule has 0 fully saturated rings. The lowest BCUT2D eigenvalue weighted by molar-refractivity contribution is -0.149. The summed E-state index contributed by atoms with van der Waals surface area (Å²) in [6, 6.07) is 6.23. The Kier molecular flexibility index (Phi) is 4.02. The highest BCUT2D eigenvalue weighted by Crippen LogP contribution is 2.46. The Morgan fingerprint density at radius 3 is 3.00 bits per heavy atom. The maximum Gasteiger partial charge on any atom is 0.306 e. The molecule has 2 atom stereocenters. The molecule has 2 heterocycles. The molecular formula is C19H23NO3. The highest BCUT2D eigenvalue weighted by molar-refractivity contribution is 5.88. The number of para-hydroxylation sites is 1. The molecule has 1 aromatic carbocycles. The van der Waals surface area contributed by atoms with Crippen molar-refractivity contribution in [2.75, 3.05) is 6.61 Å². The predicted octanol–water partition coefficient (Wildman–Crippen LogP) is 4.25. The number of aryl methyl sites for hydroxylation is 1. The van der Waals surface area contributed by atoms with Crippen LogP contribution in [0.25, 0.3) is 10.9 Å². The number of carboxylic acids is 1. The second-order valence-corrected chi connectivity index (χ2v) is 6.36. The number of rotatable bonds is 5. The van der Waals surface area contributed by atoms with Crippen LogP contribution in [0.5, 0.6) is 0 Å². The van der Waals surface area contributed by atoms with Crippen LogP contribution in [-0.4, -0.2) is 22.7 Å². The van der Waals surface area contributed by atoms with Gasteiger partial charge in [-0.25, -0.2) is 0 Å². The molecule has 0 saturated heterocycles. The molecule has 0 amide bonds. The van der Waals surface area contributed by atoms with E-state index >= 15 is 0 Å². The first-order valence-corrected chi connectivity index (χ1v) is 8.10. The van der Waals surface area contributed by atoms with Crippen LogP contribution < -0.4 is 0 Å². The molecule has 122 valence electrons. The number of aliphatic carboxylic acids is 1. The Hall–Kier alpha value is -2.07. The molecule has 2 aromatic rings. The lowest BCUT2D eigenvalue weighted by Crippen LogP contribution is -2.38. The van der Waals surface area contributed by atoms with E-state index in [1.165, 1.54) is 10.9 Å². The van der Waals surface area contributed by atoms with Crippen LogP contribution in [0.3, 0.4) is 0 Å². The van der Waals surface area contributed by atoms with Crippen molar-refractivity contribution in [2.45, 2.75) is 44.6 Å². The maximum absolute atomic E-state index is 11.4. The number of allylic oxidation sites excluding steroid dienone is 1. The average Bonchev–Trinajstić information content (AvgIpc) is 2.92. The van der Waals surface area contributed by atoms with Crippen molar-refractivity contribution in [1.29, 1.82) is 0 Å². The predicted molar refractivity (Wildman–Crippen MR) is 90.8 cm³/mol. The fourth-order valence-corrected chi connectivity index (χ4v) is 3.76. The highest BCUT2D eigenvalue weighted by atomic mass is 16.5. The second-order valence-electron chi connectivity index (χ2n) is 6.36. The number of carboxylic acid groups (broad SMARTS) is 1. The van der Waals surface area contributed by atoms with Gasteiger partial charge in [0.1, 0.15) is 5.60 Å². The first-order chi connectivity index (χ1) is 11.0. The third-order valence-electron chi connectivity index (χ3n) is 4.97. The zero-order chi connectivity index (χ0) is 16.6. The van der Waals surface area contributed by atoms with Gasteiger partial charge in [-0.2, -0.15) is 0 Å². The van der Waals surface area contributed by atoms with Crippen molar-refractivity contribution in [3.05, 3.63) is 47.7 Å². The first-order valence-electron chi connectivity index (χ1n) is 8.10. The molecule has 0 aliphatic carbocycles. The van der Waals surface area contributed by atoms with E-state index in [1.54, 1.807) is 0 Å². The summed E-state index contributed by atoms with van der Waals surface area (Å²) in [4.78, 5) is 14.9. The Morgan fingerprint density at radius 1 is 1.57 bits per heavy atom. The molecule has 0 bridgehead atoms. The van der Waals surface area contributed by atoms with Gasteiger partial charge >= 0.3 is 5.97 Å². The van der Waals surface area contributed by atoms with Crippen LogP contribution in [-0.2, 0) is 15.1 Å². The summed E-state index contributed by atoms with van der Waals surface area (Å²) in [6.07, 6.45) is 3.32. The lowest BCUT2D eigenvalue weighted by atomic mass is 9.81. The summed E-state index contributed by atoms with van der Waals surface area (Å²) in [5.41, 5.74) is 3.61. The molecule has 1 aromatic heterocycles. The molecule has 1 aliphatic rings. The van der Waals surface area contributed by atoms with Gasteiger partial charge in [-0.1, -0.05) is 31.2 Å². The van der Waals surface area contributed by atoms with E-state index in [-0.39, 0.29) is 12.3 Å². The van der Waals surface area contributed by atoms with E-state index in [2.05, 4.69) is 36.7 Å². The van der Waals surface area contributed by atoms with E-state index < -0.39 is 11.6 Å². The number of aromatic nitrogens is 1. The van der Waals surface area contributed by atoms with Gasteiger partial charge in [0.25, 0.3) is 0 Å². The summed E-state index contributed by atoms with van der Waals surface area (Å²) in [6.45, 7) is 8.44. The number of fused-ring (bicyclic) bond motifs is 3. The molecule has 23 heavy (non-hydrogen) atoms. The fourth-order valence-electron chi connectivity index (χ4n) is 3.76. The molecule has 4 nitrogen and oxygen atoms in total. The van der Waals surface area contributed by atoms with E-state index in [0.717, 1.165) is 23.2 Å². The van der Waals surface area contributed by atoms with Crippen molar-refractivity contribution >= 4 is 16.9 Å². The number of hydrogen-bond donors (Lipinski definition) is 2. The largest absolute Gasteiger partial charge is 0.481 e. The van der Waals surface area contributed by atoms with Crippen molar-refractivity contribution in [3.8, 4) is 0 Å². The van der Waals surface area contributed by atoms with Gasteiger partial charge in [0, 0.05) is 16.8 Å². The number of ether oxygens (including phenoxy) is 1. The molecule has 1 unspecified atom stereocenters. The van der Waals surface area contributed by atoms with Crippen molar-refractivity contribution in [2.24, 2.45) is 0 Å². The SMILES string of the molecule is C=CC[C@H]1COC(CC)(CC(=O)O)c2[nH]c3c(C)cccc3c21. The Labute approximate surface area is 136 Å². The molecular weight excluding hydrogens is 290 g/mol. The summed E-state index contributed by atoms with van der Waals surface area (Å²) in [5, 5.41) is 10.6. The minimum absolute atomic E-state index is 0.0246. The number of hydrogen-bond acceptors (Lipinski definition) is 2. The second kappa shape index (κ2) is 5.85. The highest BCUT2D eigenvalue weighted by Gasteiger charge is 2.43. The number of nitrogens with one attached hydrogen (secondary N) is 1. The number of carbonyl (C=O) groups is 1. The van der Waals surface area contributed by atoms with Crippen LogP contribution in [0.2, 0.25) is 0 Å². The van der Waals surface area contributed by atoms with Crippen LogP contribution in [0.15, 0.2) is 30.9 Å². The quantitative estimate of drug-likeness (QED) is 0.811. The molecule has 0 saturated carbocycles. The lowest BCUT2D eigenvalue weighted by Gasteiger charge is -2.39. The molecule has 2 N–H and O–H groups in total. The molecule has 3 rings (SSSR count). The summed E-state index contributed by atoms with van der Waals surface area (Å²) in [7, 11) is 0.